The van der Waals surface area contributed by atoms with Gasteiger partial charge >= 0.3 is 0 Å². The number of pyridine rings is 1. The molecule has 0 saturated carbocycles. The maximum absolute atomic E-state index is 13.7. The van der Waals surface area contributed by atoms with Gasteiger partial charge in [0.2, 0.25) is 0 Å². The Balaban J connectivity index is 1.93. The van der Waals surface area contributed by atoms with Crippen molar-refractivity contribution in [2.45, 2.75) is 6.42 Å². The van der Waals surface area contributed by atoms with E-state index >= 15 is 0 Å². The number of rotatable bonds is 6. The summed E-state index contributed by atoms with van der Waals surface area (Å²) in [6, 6.07) is 8.99. The van der Waals surface area contributed by atoms with Crippen LogP contribution in [0, 0.1) is 5.82 Å². The zero-order chi connectivity index (χ0) is 16.2. The van der Waals surface area contributed by atoms with Gasteiger partial charge < -0.3 is 10.2 Å². The van der Waals surface area contributed by atoms with Crippen LogP contribution in [0.25, 0.3) is 21.2 Å². The standard InChI is InChI=1S/C18H20FN3S/c1-22(2)9-4-8-20-18-15-11-13(19)6-7-14(15)16(12-21-18)17-5-3-10-23-17/h3,5-7,10-12H,4,8-9H2,1-2H3,(H,20,21). The van der Waals surface area contributed by atoms with Gasteiger partial charge in [-0.25, -0.2) is 9.37 Å². The number of nitrogens with zero attached hydrogens (tertiary/aromatic N) is 2. The van der Waals surface area contributed by atoms with Crippen LogP contribution in [0.5, 0.6) is 0 Å². The Labute approximate surface area is 139 Å². The second-order valence-electron chi connectivity index (χ2n) is 5.77. The van der Waals surface area contributed by atoms with Crippen LogP contribution >= 0.6 is 11.3 Å². The molecule has 5 heteroatoms. The molecule has 3 aromatic rings. The minimum Gasteiger partial charge on any atom is -0.370 e. The first kappa shape index (κ1) is 15.9. The summed E-state index contributed by atoms with van der Waals surface area (Å²) in [4.78, 5) is 7.83. The molecule has 120 valence electrons. The van der Waals surface area contributed by atoms with Crippen LogP contribution in [-0.2, 0) is 0 Å². The van der Waals surface area contributed by atoms with Crippen molar-refractivity contribution in [1.29, 1.82) is 0 Å². The number of halogens is 1. The van der Waals surface area contributed by atoms with Gasteiger partial charge in [0.1, 0.15) is 11.6 Å². The third-order valence-electron chi connectivity index (χ3n) is 3.71. The lowest BCUT2D eigenvalue weighted by atomic mass is 10.1. The number of hydrogen-bond acceptors (Lipinski definition) is 4. The molecule has 0 aliphatic rings. The molecule has 0 atom stereocenters. The first-order valence-corrected chi connectivity index (χ1v) is 8.54. The van der Waals surface area contributed by atoms with Crippen molar-refractivity contribution < 1.29 is 4.39 Å². The zero-order valence-corrected chi connectivity index (χ0v) is 14.2. The monoisotopic (exact) mass is 329 g/mol. The normalized spacial score (nSPS) is 11.3. The summed E-state index contributed by atoms with van der Waals surface area (Å²) < 4.78 is 13.7. The van der Waals surface area contributed by atoms with Gasteiger partial charge in [0, 0.05) is 28.6 Å². The van der Waals surface area contributed by atoms with Gasteiger partial charge in [0.05, 0.1) is 0 Å². The molecule has 2 aromatic heterocycles. The van der Waals surface area contributed by atoms with Gasteiger partial charge in [-0.15, -0.1) is 11.3 Å². The Bertz CT molecular complexity index is 784. The van der Waals surface area contributed by atoms with Gasteiger partial charge in [-0.3, -0.25) is 0 Å². The second kappa shape index (κ2) is 7.06. The Kier molecular flexibility index (Phi) is 4.88. The van der Waals surface area contributed by atoms with E-state index in [0.717, 1.165) is 46.5 Å². The minimum absolute atomic E-state index is 0.237. The van der Waals surface area contributed by atoms with Gasteiger partial charge in [0.15, 0.2) is 0 Å². The Morgan fingerprint density at radius 1 is 1.22 bits per heavy atom. The smallest absolute Gasteiger partial charge is 0.133 e. The fraction of sp³-hybridized carbons (Fsp3) is 0.278. The summed E-state index contributed by atoms with van der Waals surface area (Å²) >= 11 is 1.67. The van der Waals surface area contributed by atoms with Gasteiger partial charge in [0.25, 0.3) is 0 Å². The highest BCUT2D eigenvalue weighted by molar-refractivity contribution is 7.13. The number of anilines is 1. The number of thiophene rings is 1. The molecular formula is C18H20FN3S. The van der Waals surface area contributed by atoms with E-state index in [-0.39, 0.29) is 5.82 Å². The highest BCUT2D eigenvalue weighted by atomic mass is 32.1. The predicted octanol–water partition coefficient (Wildman–Crippen LogP) is 4.47. The van der Waals surface area contributed by atoms with Crippen LogP contribution in [0.15, 0.2) is 41.9 Å². The van der Waals surface area contributed by atoms with E-state index in [1.54, 1.807) is 17.4 Å². The maximum Gasteiger partial charge on any atom is 0.133 e. The predicted molar refractivity (Wildman–Crippen MR) is 96.7 cm³/mol. The molecule has 0 fully saturated rings. The summed E-state index contributed by atoms with van der Waals surface area (Å²) in [5.74, 6) is 0.512. The third-order valence-corrected chi connectivity index (χ3v) is 4.61. The average molecular weight is 329 g/mol. The fourth-order valence-corrected chi connectivity index (χ4v) is 3.34. The number of hydrogen-bond donors (Lipinski definition) is 1. The molecule has 23 heavy (non-hydrogen) atoms. The highest BCUT2D eigenvalue weighted by Gasteiger charge is 2.10. The van der Waals surface area contributed by atoms with Crippen LogP contribution in [0.1, 0.15) is 6.42 Å². The molecule has 0 aliphatic carbocycles. The average Bonchev–Trinajstić information content (AvgIpc) is 3.05. The molecule has 0 saturated heterocycles. The lowest BCUT2D eigenvalue weighted by molar-refractivity contribution is 0.405. The van der Waals surface area contributed by atoms with E-state index in [2.05, 4.69) is 35.4 Å². The van der Waals surface area contributed by atoms with Crippen molar-refractivity contribution in [2.75, 3.05) is 32.5 Å². The van der Waals surface area contributed by atoms with E-state index < -0.39 is 0 Å². The molecule has 1 N–H and O–H groups in total. The largest absolute Gasteiger partial charge is 0.370 e. The van der Waals surface area contributed by atoms with Crippen molar-refractivity contribution in [3.63, 3.8) is 0 Å². The zero-order valence-electron chi connectivity index (χ0n) is 13.3. The van der Waals surface area contributed by atoms with Gasteiger partial charge in [-0.05, 0) is 56.0 Å². The second-order valence-corrected chi connectivity index (χ2v) is 6.72. The summed E-state index contributed by atoms with van der Waals surface area (Å²) in [5, 5.41) is 7.24. The molecule has 0 amide bonds. The van der Waals surface area contributed by atoms with E-state index in [4.69, 9.17) is 0 Å². The molecule has 0 unspecified atom stereocenters. The molecule has 0 bridgehead atoms. The first-order valence-electron chi connectivity index (χ1n) is 7.66. The molecule has 0 aliphatic heterocycles. The summed E-state index contributed by atoms with van der Waals surface area (Å²) in [5.41, 5.74) is 1.05. The quantitative estimate of drug-likeness (QED) is 0.677. The van der Waals surface area contributed by atoms with Crippen molar-refractivity contribution in [3.05, 3.63) is 47.7 Å². The molecular weight excluding hydrogens is 309 g/mol. The topological polar surface area (TPSA) is 28.2 Å². The van der Waals surface area contributed by atoms with Crippen LogP contribution in [0.2, 0.25) is 0 Å². The van der Waals surface area contributed by atoms with Crippen molar-refractivity contribution in [1.82, 2.24) is 9.88 Å². The lowest BCUT2D eigenvalue weighted by Crippen LogP contribution is -2.16. The van der Waals surface area contributed by atoms with E-state index in [9.17, 15) is 4.39 Å². The lowest BCUT2D eigenvalue weighted by Gasteiger charge is -2.13. The SMILES string of the molecule is CN(C)CCCNc1ncc(-c2cccs2)c2ccc(F)cc12. The minimum atomic E-state index is -0.237. The molecule has 0 spiro atoms. The van der Waals surface area contributed by atoms with Gasteiger partial charge in [-0.2, -0.15) is 0 Å². The van der Waals surface area contributed by atoms with Crippen LogP contribution < -0.4 is 5.32 Å². The molecule has 2 heterocycles. The summed E-state index contributed by atoms with van der Waals surface area (Å²) in [6.45, 7) is 1.82. The first-order chi connectivity index (χ1) is 11.1. The summed E-state index contributed by atoms with van der Waals surface area (Å²) in [7, 11) is 4.11. The third kappa shape index (κ3) is 3.68. The number of fused-ring (bicyclic) bond motifs is 1. The van der Waals surface area contributed by atoms with E-state index in [1.807, 2.05) is 23.7 Å². The number of benzene rings is 1. The van der Waals surface area contributed by atoms with Crippen molar-refractivity contribution in [3.8, 4) is 10.4 Å². The van der Waals surface area contributed by atoms with Crippen LogP contribution in [-0.4, -0.2) is 37.1 Å². The van der Waals surface area contributed by atoms with E-state index in [0.29, 0.717) is 0 Å². The van der Waals surface area contributed by atoms with Crippen molar-refractivity contribution >= 4 is 27.9 Å². The Morgan fingerprint density at radius 3 is 2.83 bits per heavy atom. The van der Waals surface area contributed by atoms with Crippen LogP contribution in [0.3, 0.4) is 0 Å². The summed E-state index contributed by atoms with van der Waals surface area (Å²) in [6.07, 6.45) is 2.89. The van der Waals surface area contributed by atoms with Crippen molar-refractivity contribution in [2.24, 2.45) is 0 Å². The maximum atomic E-state index is 13.7. The number of nitrogens with one attached hydrogen (secondary N) is 1. The Hall–Kier alpha value is -1.98. The highest BCUT2D eigenvalue weighted by Crippen LogP contribution is 2.34. The fourth-order valence-electron chi connectivity index (χ4n) is 2.59. The van der Waals surface area contributed by atoms with E-state index in [1.165, 1.54) is 6.07 Å². The molecule has 3 rings (SSSR count). The number of aromatic nitrogens is 1. The molecule has 1 aromatic carbocycles. The molecule has 0 radical (unpaired) electrons. The Morgan fingerprint density at radius 2 is 2.09 bits per heavy atom. The van der Waals surface area contributed by atoms with Crippen LogP contribution in [0.4, 0.5) is 10.2 Å². The van der Waals surface area contributed by atoms with Gasteiger partial charge in [-0.1, -0.05) is 12.1 Å². The molecule has 3 nitrogen and oxygen atoms in total.